The number of nitrogens with zero attached hydrogens (tertiary/aromatic N) is 2. The van der Waals surface area contributed by atoms with E-state index in [0.717, 1.165) is 51.3 Å². The Morgan fingerprint density at radius 1 is 1.20 bits per heavy atom. The summed E-state index contributed by atoms with van der Waals surface area (Å²) in [5.41, 5.74) is 2.01. The summed E-state index contributed by atoms with van der Waals surface area (Å²) in [5, 5.41) is 7.05. The van der Waals surface area contributed by atoms with Gasteiger partial charge in [-0.05, 0) is 26.3 Å². The number of nitrogens with one attached hydrogen (secondary N) is 1. The number of carbonyl (C=O) groups is 1. The zero-order chi connectivity index (χ0) is 17.5. The lowest BCUT2D eigenvalue weighted by atomic mass is 10.1. The molecule has 0 bridgehead atoms. The molecule has 1 aliphatic heterocycles. The van der Waals surface area contributed by atoms with Gasteiger partial charge < -0.3 is 14.6 Å². The molecule has 1 aromatic carbocycles. The first-order valence-corrected chi connectivity index (χ1v) is 8.85. The number of hydrogen-bond acceptors (Lipinski definition) is 5. The van der Waals surface area contributed by atoms with Crippen LogP contribution in [0.15, 0.2) is 34.9 Å². The summed E-state index contributed by atoms with van der Waals surface area (Å²) in [4.78, 5) is 15.0. The van der Waals surface area contributed by atoms with Gasteiger partial charge in [0.2, 0.25) is 0 Å². The van der Waals surface area contributed by atoms with Crippen molar-refractivity contribution in [1.29, 1.82) is 0 Å². The zero-order valence-electron chi connectivity index (χ0n) is 14.7. The van der Waals surface area contributed by atoms with Crippen molar-refractivity contribution in [3.8, 4) is 11.3 Å². The Hall–Kier alpha value is -2.18. The Balaban J connectivity index is 1.49. The summed E-state index contributed by atoms with van der Waals surface area (Å²) in [5.74, 6) is 0.425. The molecule has 1 fully saturated rings. The average molecular weight is 343 g/mol. The lowest BCUT2D eigenvalue weighted by molar-refractivity contribution is 0.0372. The van der Waals surface area contributed by atoms with Crippen molar-refractivity contribution in [3.63, 3.8) is 0 Å². The van der Waals surface area contributed by atoms with Crippen LogP contribution in [0.2, 0.25) is 0 Å². The van der Waals surface area contributed by atoms with Crippen molar-refractivity contribution < 1.29 is 14.1 Å². The Kier molecular flexibility index (Phi) is 6.19. The summed E-state index contributed by atoms with van der Waals surface area (Å²) in [7, 11) is 0. The molecule has 0 atom stereocenters. The number of carbonyl (C=O) groups excluding carboxylic acids is 1. The Morgan fingerprint density at radius 3 is 2.72 bits per heavy atom. The molecule has 1 amide bonds. The van der Waals surface area contributed by atoms with E-state index in [4.69, 9.17) is 9.26 Å². The molecule has 0 spiro atoms. The molecule has 6 heteroatoms. The smallest absolute Gasteiger partial charge is 0.257 e. The van der Waals surface area contributed by atoms with Gasteiger partial charge in [0.15, 0.2) is 0 Å². The highest BCUT2D eigenvalue weighted by molar-refractivity contribution is 6.00. The Bertz CT molecular complexity index is 678. The molecule has 1 aliphatic rings. The molecule has 0 unspecified atom stereocenters. The topological polar surface area (TPSA) is 67.6 Å². The van der Waals surface area contributed by atoms with Gasteiger partial charge in [-0.25, -0.2) is 0 Å². The maximum absolute atomic E-state index is 12.5. The van der Waals surface area contributed by atoms with Crippen LogP contribution < -0.4 is 5.32 Å². The molecular weight excluding hydrogens is 318 g/mol. The Labute approximate surface area is 148 Å². The number of rotatable bonds is 7. The monoisotopic (exact) mass is 343 g/mol. The van der Waals surface area contributed by atoms with Crippen molar-refractivity contribution >= 4 is 5.91 Å². The minimum Gasteiger partial charge on any atom is -0.379 e. The lowest BCUT2D eigenvalue weighted by Crippen LogP contribution is -2.37. The van der Waals surface area contributed by atoms with E-state index in [0.29, 0.717) is 23.6 Å². The van der Waals surface area contributed by atoms with Crippen molar-refractivity contribution in [2.75, 3.05) is 39.4 Å². The van der Waals surface area contributed by atoms with E-state index in [1.54, 1.807) is 6.92 Å². The summed E-state index contributed by atoms with van der Waals surface area (Å²) in [6.07, 6.45) is 2.02. The van der Waals surface area contributed by atoms with Crippen molar-refractivity contribution in [2.45, 2.75) is 19.8 Å². The first kappa shape index (κ1) is 17.6. The van der Waals surface area contributed by atoms with Crippen molar-refractivity contribution in [3.05, 3.63) is 41.7 Å². The number of ether oxygens (including phenoxy) is 1. The summed E-state index contributed by atoms with van der Waals surface area (Å²) < 4.78 is 10.6. The maximum atomic E-state index is 12.5. The van der Waals surface area contributed by atoms with E-state index < -0.39 is 0 Å². The SMILES string of the molecule is Cc1onc(-c2ccccc2)c1C(=O)NCCCCN1CCOCC1. The molecule has 1 saturated heterocycles. The van der Waals surface area contributed by atoms with Crippen LogP contribution in [-0.2, 0) is 4.74 Å². The van der Waals surface area contributed by atoms with Crippen LogP contribution in [0.4, 0.5) is 0 Å². The molecule has 2 heterocycles. The summed E-state index contributed by atoms with van der Waals surface area (Å²) in [6, 6.07) is 9.64. The van der Waals surface area contributed by atoms with Crippen LogP contribution >= 0.6 is 0 Å². The predicted octanol–water partition coefficient (Wildman–Crippen LogP) is 2.49. The highest BCUT2D eigenvalue weighted by atomic mass is 16.5. The van der Waals surface area contributed by atoms with Gasteiger partial charge in [-0.2, -0.15) is 0 Å². The van der Waals surface area contributed by atoms with E-state index in [1.807, 2.05) is 30.3 Å². The molecule has 3 rings (SSSR count). The number of amides is 1. The van der Waals surface area contributed by atoms with E-state index in [-0.39, 0.29) is 5.91 Å². The summed E-state index contributed by atoms with van der Waals surface area (Å²) in [6.45, 7) is 7.15. The molecule has 0 radical (unpaired) electrons. The second-order valence-electron chi connectivity index (χ2n) is 6.25. The second kappa shape index (κ2) is 8.78. The fourth-order valence-electron chi connectivity index (χ4n) is 3.01. The molecule has 1 aromatic heterocycles. The third-order valence-corrected chi connectivity index (χ3v) is 4.43. The number of unbranched alkanes of at least 4 members (excludes halogenated alkanes) is 1. The third-order valence-electron chi connectivity index (χ3n) is 4.43. The minimum absolute atomic E-state index is 0.121. The van der Waals surface area contributed by atoms with E-state index in [1.165, 1.54) is 0 Å². The van der Waals surface area contributed by atoms with Crippen molar-refractivity contribution in [2.24, 2.45) is 0 Å². The molecule has 0 aliphatic carbocycles. The molecule has 1 N–H and O–H groups in total. The van der Waals surface area contributed by atoms with Crippen LogP contribution in [0.3, 0.4) is 0 Å². The molecular formula is C19H25N3O3. The number of hydrogen-bond donors (Lipinski definition) is 1. The van der Waals surface area contributed by atoms with Crippen LogP contribution in [0.1, 0.15) is 29.0 Å². The van der Waals surface area contributed by atoms with Gasteiger partial charge in [0.1, 0.15) is 17.0 Å². The van der Waals surface area contributed by atoms with Gasteiger partial charge in [0.25, 0.3) is 5.91 Å². The van der Waals surface area contributed by atoms with Gasteiger partial charge in [0, 0.05) is 25.2 Å². The van der Waals surface area contributed by atoms with Gasteiger partial charge in [-0.3, -0.25) is 9.69 Å². The number of aryl methyl sites for hydroxylation is 1. The summed E-state index contributed by atoms with van der Waals surface area (Å²) >= 11 is 0. The molecule has 25 heavy (non-hydrogen) atoms. The predicted molar refractivity (Wildman–Crippen MR) is 95.5 cm³/mol. The minimum atomic E-state index is -0.121. The van der Waals surface area contributed by atoms with E-state index in [2.05, 4.69) is 15.4 Å². The van der Waals surface area contributed by atoms with Crippen molar-refractivity contribution in [1.82, 2.24) is 15.4 Å². The standard InChI is InChI=1S/C19H25N3O3/c1-15-17(18(21-25-15)16-7-3-2-4-8-16)19(23)20-9-5-6-10-22-11-13-24-14-12-22/h2-4,7-8H,5-6,9-14H2,1H3,(H,20,23). The van der Waals surface area contributed by atoms with E-state index in [9.17, 15) is 4.79 Å². The van der Waals surface area contributed by atoms with E-state index >= 15 is 0 Å². The van der Waals surface area contributed by atoms with Crippen LogP contribution in [-0.4, -0.2) is 55.4 Å². The maximum Gasteiger partial charge on any atom is 0.257 e. The molecule has 2 aromatic rings. The van der Waals surface area contributed by atoms with Gasteiger partial charge >= 0.3 is 0 Å². The molecule has 0 saturated carbocycles. The lowest BCUT2D eigenvalue weighted by Gasteiger charge is -2.26. The van der Waals surface area contributed by atoms with Gasteiger partial charge in [-0.1, -0.05) is 35.5 Å². The first-order chi connectivity index (χ1) is 12.3. The first-order valence-electron chi connectivity index (χ1n) is 8.85. The zero-order valence-corrected chi connectivity index (χ0v) is 14.7. The highest BCUT2D eigenvalue weighted by Gasteiger charge is 2.21. The number of aromatic nitrogens is 1. The fourth-order valence-corrected chi connectivity index (χ4v) is 3.01. The molecule has 6 nitrogen and oxygen atoms in total. The van der Waals surface area contributed by atoms with Gasteiger partial charge in [0.05, 0.1) is 13.2 Å². The van der Waals surface area contributed by atoms with Gasteiger partial charge in [-0.15, -0.1) is 0 Å². The normalized spacial score (nSPS) is 15.2. The average Bonchev–Trinajstić information content (AvgIpc) is 3.04. The Morgan fingerprint density at radius 2 is 1.96 bits per heavy atom. The largest absolute Gasteiger partial charge is 0.379 e. The van der Waals surface area contributed by atoms with Crippen LogP contribution in [0.25, 0.3) is 11.3 Å². The third kappa shape index (κ3) is 4.67. The second-order valence-corrected chi connectivity index (χ2v) is 6.25. The van der Waals surface area contributed by atoms with Crippen LogP contribution in [0, 0.1) is 6.92 Å². The highest BCUT2D eigenvalue weighted by Crippen LogP contribution is 2.24. The quantitative estimate of drug-likeness (QED) is 0.783. The van der Waals surface area contributed by atoms with Crippen LogP contribution in [0.5, 0.6) is 0 Å². The number of benzene rings is 1. The fraction of sp³-hybridized carbons (Fsp3) is 0.474. The number of morpholine rings is 1. The molecule has 134 valence electrons.